The second-order valence-electron chi connectivity index (χ2n) is 3.15. The molecule has 0 unspecified atom stereocenters. The number of benzene rings is 1. The summed E-state index contributed by atoms with van der Waals surface area (Å²) in [4.78, 5) is 4.30. The number of nitrogens with one attached hydrogen (secondary N) is 1. The summed E-state index contributed by atoms with van der Waals surface area (Å²) in [7, 11) is 0. The maximum Gasteiger partial charge on any atom is 0.181 e. The van der Waals surface area contributed by atoms with E-state index in [2.05, 4.69) is 21.3 Å². The highest BCUT2D eigenvalue weighted by molar-refractivity contribution is 5.57. The molecule has 2 rings (SSSR count). The van der Waals surface area contributed by atoms with Gasteiger partial charge in [0.25, 0.3) is 0 Å². The van der Waals surface area contributed by atoms with Gasteiger partial charge in [-0.3, -0.25) is 5.10 Å². The molecule has 1 aromatic heterocycles. The second kappa shape index (κ2) is 3.93. The lowest BCUT2D eigenvalue weighted by molar-refractivity contribution is 0.946. The number of nitrogens with zero attached hydrogens (tertiary/aromatic N) is 3. The van der Waals surface area contributed by atoms with Gasteiger partial charge in [0, 0.05) is 12.0 Å². The van der Waals surface area contributed by atoms with Crippen molar-refractivity contribution in [2.24, 2.45) is 0 Å². The number of aromatic amines is 1. The molecule has 0 spiro atoms. The van der Waals surface area contributed by atoms with Crippen molar-refractivity contribution in [3.63, 3.8) is 0 Å². The summed E-state index contributed by atoms with van der Waals surface area (Å²) in [6.45, 7) is 2.01. The number of aryl methyl sites for hydroxylation is 1. The van der Waals surface area contributed by atoms with Crippen molar-refractivity contribution in [3.8, 4) is 17.5 Å². The predicted octanol–water partition coefficient (Wildman–Crippen LogP) is 1.91. The van der Waals surface area contributed by atoms with Gasteiger partial charge < -0.3 is 0 Å². The molecule has 0 saturated heterocycles. The number of hydrogen-bond acceptors (Lipinski definition) is 3. The van der Waals surface area contributed by atoms with Gasteiger partial charge in [-0.25, -0.2) is 4.98 Å². The Kier molecular flexibility index (Phi) is 2.46. The van der Waals surface area contributed by atoms with Gasteiger partial charge in [-0.1, -0.05) is 19.1 Å². The van der Waals surface area contributed by atoms with Gasteiger partial charge in [0.15, 0.2) is 5.82 Å². The Balaban J connectivity index is 2.41. The number of H-pyrrole nitrogens is 1. The molecular formula is C11H10N4. The SMILES string of the molecule is CCc1nc(-c2cccc(C#N)c2)n[nH]1. The molecule has 0 fully saturated rings. The van der Waals surface area contributed by atoms with Gasteiger partial charge in [0.05, 0.1) is 11.6 Å². The first-order chi connectivity index (χ1) is 7.33. The molecule has 0 aliphatic rings. The van der Waals surface area contributed by atoms with Crippen LogP contribution in [0.3, 0.4) is 0 Å². The molecule has 0 aliphatic carbocycles. The van der Waals surface area contributed by atoms with Gasteiger partial charge in [0.1, 0.15) is 5.82 Å². The molecule has 1 aromatic carbocycles. The molecule has 4 nitrogen and oxygen atoms in total. The minimum Gasteiger partial charge on any atom is -0.263 e. The van der Waals surface area contributed by atoms with Crippen LogP contribution in [0.25, 0.3) is 11.4 Å². The smallest absolute Gasteiger partial charge is 0.181 e. The topological polar surface area (TPSA) is 65.4 Å². The van der Waals surface area contributed by atoms with Crippen molar-refractivity contribution in [2.75, 3.05) is 0 Å². The standard InChI is InChI=1S/C11H10N4/c1-2-10-13-11(15-14-10)9-5-3-4-8(6-9)7-12/h3-6H,2H2,1H3,(H,13,14,15). The lowest BCUT2D eigenvalue weighted by Gasteiger charge is -1.94. The Morgan fingerprint density at radius 3 is 3.00 bits per heavy atom. The minimum absolute atomic E-state index is 0.621. The van der Waals surface area contributed by atoms with Gasteiger partial charge >= 0.3 is 0 Å². The molecule has 0 bridgehead atoms. The van der Waals surface area contributed by atoms with Crippen molar-refractivity contribution < 1.29 is 0 Å². The third-order valence-electron chi connectivity index (χ3n) is 2.12. The Morgan fingerprint density at radius 2 is 2.33 bits per heavy atom. The zero-order valence-corrected chi connectivity index (χ0v) is 8.36. The number of hydrogen-bond donors (Lipinski definition) is 1. The largest absolute Gasteiger partial charge is 0.263 e. The third kappa shape index (κ3) is 1.86. The lowest BCUT2D eigenvalue weighted by Crippen LogP contribution is -1.83. The van der Waals surface area contributed by atoms with Crippen molar-refractivity contribution in [3.05, 3.63) is 35.7 Å². The zero-order chi connectivity index (χ0) is 10.7. The Hall–Kier alpha value is -2.15. The van der Waals surface area contributed by atoms with Crippen molar-refractivity contribution >= 4 is 0 Å². The Bertz CT molecular complexity index is 507. The highest BCUT2D eigenvalue weighted by atomic mass is 15.2. The average Bonchev–Trinajstić information content (AvgIpc) is 2.78. The second-order valence-corrected chi connectivity index (χ2v) is 3.15. The molecule has 2 aromatic rings. The van der Waals surface area contributed by atoms with E-state index >= 15 is 0 Å². The van der Waals surface area contributed by atoms with E-state index in [1.165, 1.54) is 0 Å². The van der Waals surface area contributed by atoms with Crippen LogP contribution in [0.4, 0.5) is 0 Å². The van der Waals surface area contributed by atoms with E-state index in [4.69, 9.17) is 5.26 Å². The molecule has 1 heterocycles. The fraction of sp³-hybridized carbons (Fsp3) is 0.182. The fourth-order valence-corrected chi connectivity index (χ4v) is 1.31. The lowest BCUT2D eigenvalue weighted by atomic mass is 10.1. The van der Waals surface area contributed by atoms with E-state index in [0.717, 1.165) is 17.8 Å². The van der Waals surface area contributed by atoms with Gasteiger partial charge in [-0.05, 0) is 12.1 Å². The van der Waals surface area contributed by atoms with Crippen LogP contribution in [0, 0.1) is 11.3 Å². The van der Waals surface area contributed by atoms with Gasteiger partial charge in [-0.15, -0.1) is 0 Å². The van der Waals surface area contributed by atoms with Crippen molar-refractivity contribution in [2.45, 2.75) is 13.3 Å². The van der Waals surface area contributed by atoms with Crippen LogP contribution in [0.2, 0.25) is 0 Å². The molecule has 15 heavy (non-hydrogen) atoms. The Morgan fingerprint density at radius 1 is 1.47 bits per heavy atom. The molecule has 0 amide bonds. The van der Waals surface area contributed by atoms with E-state index in [1.807, 2.05) is 19.1 Å². The normalized spacial score (nSPS) is 9.87. The maximum atomic E-state index is 8.76. The highest BCUT2D eigenvalue weighted by Crippen LogP contribution is 2.15. The van der Waals surface area contributed by atoms with E-state index in [0.29, 0.717) is 11.4 Å². The summed E-state index contributed by atoms with van der Waals surface area (Å²) in [6, 6.07) is 9.35. The maximum absolute atomic E-state index is 8.76. The average molecular weight is 198 g/mol. The number of aromatic nitrogens is 3. The number of nitriles is 1. The van der Waals surface area contributed by atoms with E-state index in [9.17, 15) is 0 Å². The first kappa shape index (κ1) is 9.41. The van der Waals surface area contributed by atoms with Crippen molar-refractivity contribution in [1.29, 1.82) is 5.26 Å². The summed E-state index contributed by atoms with van der Waals surface area (Å²) in [5.41, 5.74) is 1.49. The first-order valence-corrected chi connectivity index (χ1v) is 4.75. The monoisotopic (exact) mass is 198 g/mol. The zero-order valence-electron chi connectivity index (χ0n) is 8.36. The van der Waals surface area contributed by atoms with E-state index < -0.39 is 0 Å². The molecule has 1 N–H and O–H groups in total. The highest BCUT2D eigenvalue weighted by Gasteiger charge is 2.04. The minimum atomic E-state index is 0.621. The molecule has 0 radical (unpaired) electrons. The molecule has 74 valence electrons. The van der Waals surface area contributed by atoms with Crippen LogP contribution in [0.15, 0.2) is 24.3 Å². The van der Waals surface area contributed by atoms with Crippen LogP contribution in [0.1, 0.15) is 18.3 Å². The molecule has 4 heteroatoms. The fourth-order valence-electron chi connectivity index (χ4n) is 1.31. The van der Waals surface area contributed by atoms with Crippen molar-refractivity contribution in [1.82, 2.24) is 15.2 Å². The predicted molar refractivity (Wildman–Crippen MR) is 55.9 cm³/mol. The third-order valence-corrected chi connectivity index (χ3v) is 2.12. The van der Waals surface area contributed by atoms with Gasteiger partial charge in [0.2, 0.25) is 0 Å². The summed E-state index contributed by atoms with van der Waals surface area (Å²) < 4.78 is 0. The van der Waals surface area contributed by atoms with E-state index in [-0.39, 0.29) is 0 Å². The van der Waals surface area contributed by atoms with Crippen LogP contribution in [-0.4, -0.2) is 15.2 Å². The molecule has 0 aliphatic heterocycles. The first-order valence-electron chi connectivity index (χ1n) is 4.75. The van der Waals surface area contributed by atoms with Gasteiger partial charge in [-0.2, -0.15) is 10.4 Å². The van der Waals surface area contributed by atoms with Crippen LogP contribution in [0.5, 0.6) is 0 Å². The summed E-state index contributed by atoms with van der Waals surface area (Å²) in [6.07, 6.45) is 0.824. The van der Waals surface area contributed by atoms with Crippen LogP contribution >= 0.6 is 0 Å². The quantitative estimate of drug-likeness (QED) is 0.801. The number of rotatable bonds is 2. The molecular weight excluding hydrogens is 188 g/mol. The molecule has 0 atom stereocenters. The van der Waals surface area contributed by atoms with E-state index in [1.54, 1.807) is 12.1 Å². The van der Waals surface area contributed by atoms with Crippen LogP contribution in [-0.2, 0) is 6.42 Å². The summed E-state index contributed by atoms with van der Waals surface area (Å²) >= 11 is 0. The van der Waals surface area contributed by atoms with Crippen LogP contribution < -0.4 is 0 Å². The summed E-state index contributed by atoms with van der Waals surface area (Å²) in [5, 5.41) is 15.7. The summed E-state index contributed by atoms with van der Waals surface area (Å²) in [5.74, 6) is 1.50. The molecule has 0 saturated carbocycles. The Labute approximate surface area is 87.6 Å².